The Morgan fingerprint density at radius 1 is 0.700 bits per heavy atom. The van der Waals surface area contributed by atoms with Crippen molar-refractivity contribution in [3.8, 4) is 35.2 Å². The van der Waals surface area contributed by atoms with E-state index in [0.717, 1.165) is 58.9 Å². The molecule has 0 saturated heterocycles. The molecule has 204 valence electrons. The summed E-state index contributed by atoms with van der Waals surface area (Å²) >= 11 is 0. The average molecular weight is 535 g/mol. The third kappa shape index (κ3) is 10.9. The molecular formula is C35H34O5. The van der Waals surface area contributed by atoms with Gasteiger partial charge in [-0.15, -0.1) is 0 Å². The molecule has 0 N–H and O–H groups in total. The zero-order valence-corrected chi connectivity index (χ0v) is 22.9. The average Bonchev–Trinajstić information content (AvgIpc) is 2.98. The van der Waals surface area contributed by atoms with Crippen LogP contribution in [0.3, 0.4) is 0 Å². The van der Waals surface area contributed by atoms with Gasteiger partial charge in [0.05, 0.1) is 19.5 Å². The molecule has 40 heavy (non-hydrogen) atoms. The lowest BCUT2D eigenvalue weighted by Crippen LogP contribution is -2.10. The van der Waals surface area contributed by atoms with Crippen LogP contribution in [-0.4, -0.2) is 32.4 Å². The van der Waals surface area contributed by atoms with Gasteiger partial charge in [0.25, 0.3) is 0 Å². The maximum absolute atomic E-state index is 11.0. The monoisotopic (exact) mass is 534 g/mol. The highest BCUT2D eigenvalue weighted by Crippen LogP contribution is 2.15. The van der Waals surface area contributed by atoms with Crippen LogP contribution in [0.2, 0.25) is 0 Å². The number of ether oxygens (including phenoxy) is 4. The van der Waals surface area contributed by atoms with Crippen molar-refractivity contribution in [1.29, 1.82) is 0 Å². The number of aryl methyl sites for hydroxylation is 1. The van der Waals surface area contributed by atoms with Crippen LogP contribution in [-0.2, 0) is 14.3 Å². The van der Waals surface area contributed by atoms with Crippen LogP contribution in [0, 0.1) is 30.6 Å². The normalized spacial score (nSPS) is 9.72. The number of esters is 1. The van der Waals surface area contributed by atoms with Crippen LogP contribution >= 0.6 is 0 Å². The Bertz CT molecular complexity index is 1380. The van der Waals surface area contributed by atoms with E-state index in [9.17, 15) is 4.79 Å². The molecule has 0 aliphatic rings. The Hall–Kier alpha value is -4.87. The van der Waals surface area contributed by atoms with Gasteiger partial charge < -0.3 is 18.9 Å². The summed E-state index contributed by atoms with van der Waals surface area (Å²) in [7, 11) is 0. The lowest BCUT2D eigenvalue weighted by Gasteiger charge is -2.06. The van der Waals surface area contributed by atoms with E-state index in [1.165, 1.54) is 6.26 Å². The zero-order chi connectivity index (χ0) is 28.4. The van der Waals surface area contributed by atoms with E-state index in [0.29, 0.717) is 19.0 Å². The van der Waals surface area contributed by atoms with Gasteiger partial charge in [-0.2, -0.15) is 0 Å². The minimum atomic E-state index is -0.464. The lowest BCUT2D eigenvalue weighted by molar-refractivity contribution is -0.138. The summed E-state index contributed by atoms with van der Waals surface area (Å²) in [5.74, 6) is 13.9. The van der Waals surface area contributed by atoms with Gasteiger partial charge in [0.1, 0.15) is 24.7 Å². The Morgan fingerprint density at radius 3 is 1.90 bits per heavy atom. The molecule has 0 saturated carbocycles. The Labute approximate surface area is 237 Å². The number of carbonyl (C=O) groups excluding carboxylic acids is 1. The Balaban J connectivity index is 1.48. The van der Waals surface area contributed by atoms with E-state index in [4.69, 9.17) is 18.9 Å². The van der Waals surface area contributed by atoms with E-state index in [1.807, 2.05) is 73.7 Å². The van der Waals surface area contributed by atoms with Crippen molar-refractivity contribution in [1.82, 2.24) is 0 Å². The van der Waals surface area contributed by atoms with E-state index in [1.54, 1.807) is 0 Å². The van der Waals surface area contributed by atoms with Crippen LogP contribution in [0.25, 0.3) is 0 Å². The van der Waals surface area contributed by atoms with Crippen LogP contribution in [0.15, 0.2) is 92.2 Å². The predicted octanol–water partition coefficient (Wildman–Crippen LogP) is 6.61. The minimum absolute atomic E-state index is 0.168. The molecule has 0 spiro atoms. The summed E-state index contributed by atoms with van der Waals surface area (Å²) < 4.78 is 21.4. The number of carbonyl (C=O) groups is 1. The topological polar surface area (TPSA) is 54.0 Å². The molecule has 0 amide bonds. The molecule has 0 radical (unpaired) electrons. The first kappa shape index (κ1) is 29.7. The van der Waals surface area contributed by atoms with Gasteiger partial charge >= 0.3 is 5.97 Å². The molecule has 0 fully saturated rings. The summed E-state index contributed by atoms with van der Waals surface area (Å²) in [6, 6.07) is 21.3. The third-order valence-corrected chi connectivity index (χ3v) is 5.68. The smallest absolute Gasteiger partial charge is 0.330 e. The summed E-state index contributed by atoms with van der Waals surface area (Å²) in [6.07, 6.45) is 5.65. The quantitative estimate of drug-likeness (QED) is 0.0812. The van der Waals surface area contributed by atoms with E-state index in [2.05, 4.69) is 36.8 Å². The maximum Gasteiger partial charge on any atom is 0.330 e. The number of hydrogen-bond acceptors (Lipinski definition) is 5. The fourth-order valence-electron chi connectivity index (χ4n) is 3.53. The molecule has 3 rings (SSSR count). The summed E-state index contributed by atoms with van der Waals surface area (Å²) in [4.78, 5) is 11.0. The number of unbranched alkanes of at least 4 members (excludes halogenated alkanes) is 2. The molecule has 5 heteroatoms. The van der Waals surface area contributed by atoms with Crippen molar-refractivity contribution in [2.45, 2.75) is 26.2 Å². The van der Waals surface area contributed by atoms with Gasteiger partial charge in [0.2, 0.25) is 0 Å². The predicted molar refractivity (Wildman–Crippen MR) is 158 cm³/mol. The Morgan fingerprint density at radius 2 is 1.27 bits per heavy atom. The Kier molecular flexibility index (Phi) is 12.5. The van der Waals surface area contributed by atoms with E-state index < -0.39 is 5.97 Å². The molecular weight excluding hydrogens is 500 g/mol. The van der Waals surface area contributed by atoms with Crippen LogP contribution in [0.5, 0.6) is 11.5 Å². The minimum Gasteiger partial charge on any atom is -0.502 e. The molecule has 3 aromatic carbocycles. The molecule has 5 nitrogen and oxygen atoms in total. The number of hydrogen-bond donors (Lipinski definition) is 0. The second kappa shape index (κ2) is 16.9. The van der Waals surface area contributed by atoms with Gasteiger partial charge in [-0.3, -0.25) is 0 Å². The molecule has 0 aliphatic carbocycles. The van der Waals surface area contributed by atoms with Crippen molar-refractivity contribution >= 4 is 5.97 Å². The second-order valence-corrected chi connectivity index (χ2v) is 8.75. The van der Waals surface area contributed by atoms with Crippen molar-refractivity contribution < 1.29 is 23.7 Å². The first-order valence-corrected chi connectivity index (χ1v) is 13.2. The SMILES string of the molecule is C=COCCCCCOc1ccc(C#Cc2ccc(C#Cc3ccc(OCCOC(=O)C=C)cc3)c(C)c2)cc1. The first-order valence-electron chi connectivity index (χ1n) is 13.2. The number of benzene rings is 3. The summed E-state index contributed by atoms with van der Waals surface area (Å²) in [6.45, 7) is 10.7. The molecule has 0 aromatic heterocycles. The van der Waals surface area contributed by atoms with Gasteiger partial charge in [-0.05, 0) is 98.5 Å². The summed E-state index contributed by atoms with van der Waals surface area (Å²) in [5.41, 5.74) is 4.75. The molecule has 0 unspecified atom stereocenters. The highest BCUT2D eigenvalue weighted by molar-refractivity contribution is 5.81. The second-order valence-electron chi connectivity index (χ2n) is 8.75. The van der Waals surface area contributed by atoms with E-state index in [-0.39, 0.29) is 13.2 Å². The molecule has 0 atom stereocenters. The molecule has 0 heterocycles. The zero-order valence-electron chi connectivity index (χ0n) is 22.9. The van der Waals surface area contributed by atoms with Crippen LogP contribution in [0.4, 0.5) is 0 Å². The number of rotatable bonds is 13. The first-order chi connectivity index (χ1) is 19.6. The van der Waals surface area contributed by atoms with Gasteiger partial charge in [0, 0.05) is 28.3 Å². The molecule has 0 aliphatic heterocycles. The summed E-state index contributed by atoms with van der Waals surface area (Å²) in [5, 5.41) is 0. The fourth-order valence-corrected chi connectivity index (χ4v) is 3.53. The van der Waals surface area contributed by atoms with Crippen molar-refractivity contribution in [2.75, 3.05) is 26.4 Å². The van der Waals surface area contributed by atoms with Gasteiger partial charge in [-0.1, -0.05) is 36.8 Å². The largest absolute Gasteiger partial charge is 0.502 e. The van der Waals surface area contributed by atoms with Gasteiger partial charge in [-0.25, -0.2) is 4.79 Å². The molecule has 3 aromatic rings. The van der Waals surface area contributed by atoms with E-state index >= 15 is 0 Å². The van der Waals surface area contributed by atoms with Gasteiger partial charge in [0.15, 0.2) is 0 Å². The third-order valence-electron chi connectivity index (χ3n) is 5.68. The van der Waals surface area contributed by atoms with Crippen LogP contribution in [0.1, 0.15) is 47.1 Å². The van der Waals surface area contributed by atoms with Crippen molar-refractivity contribution in [3.05, 3.63) is 120 Å². The molecule has 0 bridgehead atoms. The maximum atomic E-state index is 11.0. The fraction of sp³-hybridized carbons (Fsp3) is 0.229. The van der Waals surface area contributed by atoms with Crippen molar-refractivity contribution in [2.24, 2.45) is 0 Å². The standard InChI is InChI=1S/C35H34O5/c1-4-35(36)40-26-25-39-34-21-15-30(16-22-34)11-17-32-18-12-31(27-28(32)3)10-9-29-13-19-33(20-14-29)38-24-8-6-7-23-37-5-2/h4-5,12-16,18-22,27H,1-2,6-8,23-26H2,3H3. The highest BCUT2D eigenvalue weighted by Gasteiger charge is 1.99. The van der Waals surface area contributed by atoms with Crippen LogP contribution < -0.4 is 9.47 Å². The highest BCUT2D eigenvalue weighted by atomic mass is 16.6. The lowest BCUT2D eigenvalue weighted by atomic mass is 10.0. The van der Waals surface area contributed by atoms with Crippen molar-refractivity contribution in [3.63, 3.8) is 0 Å².